The lowest BCUT2D eigenvalue weighted by Crippen LogP contribution is -2.21. The summed E-state index contributed by atoms with van der Waals surface area (Å²) in [6.07, 6.45) is 4.31. The van der Waals surface area contributed by atoms with E-state index in [1.165, 1.54) is 0 Å². The quantitative estimate of drug-likeness (QED) is 0.769. The summed E-state index contributed by atoms with van der Waals surface area (Å²) in [5.41, 5.74) is 1.89. The zero-order valence-corrected chi connectivity index (χ0v) is 11.5. The molecular formula is C13H20N6. The number of anilines is 2. The standard InChI is InChI=1S/C13H20N6/c1-3-5-8(4-2)15-13-16-11-10-9(6-7-14-11)18-19-12(10)17-13/h8H,3-7H2,1-2H3,(H3,14,15,16,17,18,19). The van der Waals surface area contributed by atoms with Gasteiger partial charge < -0.3 is 10.6 Å². The van der Waals surface area contributed by atoms with Crippen molar-refractivity contribution in [3.63, 3.8) is 0 Å². The Hall–Kier alpha value is -1.85. The first-order chi connectivity index (χ1) is 9.31. The number of nitrogens with one attached hydrogen (secondary N) is 3. The van der Waals surface area contributed by atoms with Crippen molar-refractivity contribution < 1.29 is 0 Å². The third-order valence-electron chi connectivity index (χ3n) is 3.62. The van der Waals surface area contributed by atoms with E-state index in [9.17, 15) is 0 Å². The number of aromatic amines is 1. The van der Waals surface area contributed by atoms with E-state index in [0.29, 0.717) is 12.0 Å². The zero-order chi connectivity index (χ0) is 13.2. The summed E-state index contributed by atoms with van der Waals surface area (Å²) in [5, 5.41) is 15.1. The van der Waals surface area contributed by atoms with E-state index in [-0.39, 0.29) is 0 Å². The van der Waals surface area contributed by atoms with Crippen LogP contribution in [0.15, 0.2) is 0 Å². The molecule has 0 aliphatic carbocycles. The second kappa shape index (κ2) is 5.03. The number of aromatic nitrogens is 4. The van der Waals surface area contributed by atoms with E-state index in [1.54, 1.807) is 0 Å². The van der Waals surface area contributed by atoms with Gasteiger partial charge in [0.05, 0.1) is 11.1 Å². The highest BCUT2D eigenvalue weighted by molar-refractivity contribution is 5.91. The Labute approximate surface area is 112 Å². The molecule has 0 saturated carbocycles. The molecule has 0 bridgehead atoms. The Morgan fingerprint density at radius 1 is 1.32 bits per heavy atom. The molecule has 3 heterocycles. The molecule has 3 rings (SSSR count). The van der Waals surface area contributed by atoms with Gasteiger partial charge in [0.1, 0.15) is 5.82 Å². The number of hydrogen-bond acceptors (Lipinski definition) is 5. The fraction of sp³-hybridized carbons (Fsp3) is 0.615. The van der Waals surface area contributed by atoms with Gasteiger partial charge in [-0.1, -0.05) is 20.3 Å². The monoisotopic (exact) mass is 260 g/mol. The minimum Gasteiger partial charge on any atom is -0.369 e. The third kappa shape index (κ3) is 2.22. The van der Waals surface area contributed by atoms with E-state index >= 15 is 0 Å². The number of nitrogens with zero attached hydrogens (tertiary/aromatic N) is 3. The molecule has 6 heteroatoms. The third-order valence-corrected chi connectivity index (χ3v) is 3.62. The topological polar surface area (TPSA) is 78.5 Å². The SMILES string of the molecule is CCCC(CC)Nc1nc2c3c([nH]nc3n1)CCN2. The molecule has 0 saturated heterocycles. The molecule has 102 valence electrons. The van der Waals surface area contributed by atoms with Gasteiger partial charge in [-0.2, -0.15) is 15.1 Å². The van der Waals surface area contributed by atoms with Crippen LogP contribution in [0.25, 0.3) is 11.0 Å². The smallest absolute Gasteiger partial charge is 0.227 e. The Morgan fingerprint density at radius 2 is 2.21 bits per heavy atom. The molecule has 0 aromatic carbocycles. The van der Waals surface area contributed by atoms with Gasteiger partial charge in [-0.05, 0) is 12.8 Å². The first-order valence-corrected chi connectivity index (χ1v) is 7.07. The molecule has 1 aliphatic heterocycles. The summed E-state index contributed by atoms with van der Waals surface area (Å²) in [6.45, 7) is 5.27. The van der Waals surface area contributed by atoms with Crippen molar-refractivity contribution in [1.82, 2.24) is 20.2 Å². The van der Waals surface area contributed by atoms with Crippen LogP contribution in [0.1, 0.15) is 38.8 Å². The molecule has 19 heavy (non-hydrogen) atoms. The Kier molecular flexibility index (Phi) is 3.23. The van der Waals surface area contributed by atoms with Gasteiger partial charge in [0.15, 0.2) is 5.65 Å². The lowest BCUT2D eigenvalue weighted by atomic mass is 10.1. The van der Waals surface area contributed by atoms with Crippen LogP contribution in [0, 0.1) is 0 Å². The maximum Gasteiger partial charge on any atom is 0.227 e. The van der Waals surface area contributed by atoms with E-state index in [4.69, 9.17) is 0 Å². The van der Waals surface area contributed by atoms with Crippen LogP contribution in [0.4, 0.5) is 11.8 Å². The maximum absolute atomic E-state index is 4.58. The molecular weight excluding hydrogens is 240 g/mol. The van der Waals surface area contributed by atoms with Gasteiger partial charge in [-0.25, -0.2) is 0 Å². The van der Waals surface area contributed by atoms with Crippen LogP contribution in [0.3, 0.4) is 0 Å². The highest BCUT2D eigenvalue weighted by Gasteiger charge is 2.19. The second-order valence-electron chi connectivity index (χ2n) is 5.01. The summed E-state index contributed by atoms with van der Waals surface area (Å²) in [4.78, 5) is 9.08. The normalized spacial score (nSPS) is 15.3. The van der Waals surface area contributed by atoms with Crippen molar-refractivity contribution in [2.45, 2.75) is 45.6 Å². The fourth-order valence-corrected chi connectivity index (χ4v) is 2.57. The molecule has 0 amide bonds. The molecule has 0 spiro atoms. The van der Waals surface area contributed by atoms with Crippen molar-refractivity contribution >= 4 is 22.8 Å². The van der Waals surface area contributed by atoms with Gasteiger partial charge in [-0.15, -0.1) is 0 Å². The molecule has 1 aliphatic rings. The Balaban J connectivity index is 1.93. The van der Waals surface area contributed by atoms with Crippen LogP contribution in [-0.4, -0.2) is 32.8 Å². The first kappa shape index (κ1) is 12.2. The van der Waals surface area contributed by atoms with Gasteiger partial charge in [0, 0.05) is 19.0 Å². The van der Waals surface area contributed by atoms with Crippen molar-refractivity contribution in [2.24, 2.45) is 0 Å². The lowest BCUT2D eigenvalue weighted by Gasteiger charge is -2.18. The van der Waals surface area contributed by atoms with Crippen LogP contribution < -0.4 is 10.6 Å². The average molecular weight is 260 g/mol. The van der Waals surface area contributed by atoms with Gasteiger partial charge in [-0.3, -0.25) is 5.10 Å². The molecule has 2 aromatic rings. The fourth-order valence-electron chi connectivity index (χ4n) is 2.57. The predicted octanol–water partition coefficient (Wildman–Crippen LogP) is 2.31. The highest BCUT2D eigenvalue weighted by Crippen LogP contribution is 2.27. The van der Waals surface area contributed by atoms with Crippen LogP contribution >= 0.6 is 0 Å². The van der Waals surface area contributed by atoms with Gasteiger partial charge in [0.25, 0.3) is 0 Å². The predicted molar refractivity (Wildman–Crippen MR) is 76.5 cm³/mol. The Morgan fingerprint density at radius 3 is 3.00 bits per heavy atom. The van der Waals surface area contributed by atoms with E-state index in [2.05, 4.69) is 44.6 Å². The molecule has 1 unspecified atom stereocenters. The molecule has 0 radical (unpaired) electrons. The van der Waals surface area contributed by atoms with Crippen LogP contribution in [0.2, 0.25) is 0 Å². The highest BCUT2D eigenvalue weighted by atomic mass is 15.2. The second-order valence-corrected chi connectivity index (χ2v) is 5.01. The summed E-state index contributed by atoms with van der Waals surface area (Å²) < 4.78 is 0. The van der Waals surface area contributed by atoms with Gasteiger partial charge in [0.2, 0.25) is 5.95 Å². The molecule has 0 fully saturated rings. The van der Waals surface area contributed by atoms with E-state index < -0.39 is 0 Å². The molecule has 1 atom stereocenters. The van der Waals surface area contributed by atoms with E-state index in [1.807, 2.05) is 0 Å². The molecule has 6 nitrogen and oxygen atoms in total. The maximum atomic E-state index is 4.58. The van der Waals surface area contributed by atoms with Crippen molar-refractivity contribution in [2.75, 3.05) is 17.2 Å². The number of hydrogen-bond donors (Lipinski definition) is 3. The largest absolute Gasteiger partial charge is 0.369 e. The Bertz CT molecular complexity index is 576. The van der Waals surface area contributed by atoms with Crippen LogP contribution in [0.5, 0.6) is 0 Å². The lowest BCUT2D eigenvalue weighted by molar-refractivity contribution is 0.618. The summed E-state index contributed by atoms with van der Waals surface area (Å²) in [5.74, 6) is 1.57. The summed E-state index contributed by atoms with van der Waals surface area (Å²) >= 11 is 0. The van der Waals surface area contributed by atoms with Gasteiger partial charge >= 0.3 is 0 Å². The van der Waals surface area contributed by atoms with Crippen LogP contribution in [-0.2, 0) is 6.42 Å². The molecule has 3 N–H and O–H groups in total. The van der Waals surface area contributed by atoms with Crippen molar-refractivity contribution in [3.8, 4) is 0 Å². The number of rotatable bonds is 5. The minimum atomic E-state index is 0.427. The summed E-state index contributed by atoms with van der Waals surface area (Å²) in [6, 6.07) is 0.427. The number of H-pyrrole nitrogens is 1. The molecule has 2 aromatic heterocycles. The summed E-state index contributed by atoms with van der Waals surface area (Å²) in [7, 11) is 0. The zero-order valence-electron chi connectivity index (χ0n) is 11.5. The van der Waals surface area contributed by atoms with Crippen molar-refractivity contribution in [3.05, 3.63) is 5.69 Å². The van der Waals surface area contributed by atoms with Crippen molar-refractivity contribution in [1.29, 1.82) is 0 Å². The average Bonchev–Trinajstić information content (AvgIpc) is 2.83. The minimum absolute atomic E-state index is 0.427. The van der Waals surface area contributed by atoms with E-state index in [0.717, 1.165) is 54.8 Å². The first-order valence-electron chi connectivity index (χ1n) is 7.07.